The Morgan fingerprint density at radius 2 is 2.00 bits per heavy atom. The molecule has 122 valence electrons. The Labute approximate surface area is 135 Å². The van der Waals surface area contributed by atoms with Crippen LogP contribution in [0.2, 0.25) is 0 Å². The van der Waals surface area contributed by atoms with E-state index in [1.165, 1.54) is 19.3 Å². The number of aliphatic hydroxyl groups excluding tert-OH is 1. The molecule has 2 N–H and O–H groups in total. The zero-order valence-corrected chi connectivity index (χ0v) is 13.8. The van der Waals surface area contributed by atoms with Crippen molar-refractivity contribution in [1.29, 1.82) is 0 Å². The van der Waals surface area contributed by atoms with Gasteiger partial charge in [-0.15, -0.1) is 11.3 Å². The monoisotopic (exact) mass is 323 g/mol. The number of aliphatic hydroxyl groups is 1. The first-order chi connectivity index (χ1) is 10.8. The van der Waals surface area contributed by atoms with Crippen LogP contribution in [0.25, 0.3) is 0 Å². The molecule has 22 heavy (non-hydrogen) atoms. The molecule has 1 saturated heterocycles. The third-order valence-electron chi connectivity index (χ3n) is 4.79. The smallest absolute Gasteiger partial charge is 0.271 e. The first-order valence-electron chi connectivity index (χ1n) is 8.38. The topological polar surface area (TPSA) is 65.5 Å². The fourth-order valence-corrected chi connectivity index (χ4v) is 4.21. The van der Waals surface area contributed by atoms with E-state index in [2.05, 4.69) is 15.2 Å². The lowest BCUT2D eigenvalue weighted by molar-refractivity contribution is 0.0909. The maximum atomic E-state index is 12.3. The van der Waals surface area contributed by atoms with Gasteiger partial charge in [-0.2, -0.15) is 0 Å². The number of carbonyl (C=O) groups excluding carboxylic acids is 1. The standard InChI is InChI=1S/C16H25N3O2S/c20-10-12-4-6-13(7-5-12)17-15(21)14-11-22-16(18-14)19-8-2-1-3-9-19/h11-13,20H,1-10H2,(H,17,21). The maximum absolute atomic E-state index is 12.3. The number of rotatable bonds is 4. The number of nitrogens with one attached hydrogen (secondary N) is 1. The summed E-state index contributed by atoms with van der Waals surface area (Å²) in [6, 6.07) is 0.232. The fraction of sp³-hybridized carbons (Fsp3) is 0.750. The molecular weight excluding hydrogens is 298 g/mol. The molecule has 2 aliphatic rings. The van der Waals surface area contributed by atoms with Crippen molar-refractivity contribution in [3.05, 3.63) is 11.1 Å². The van der Waals surface area contributed by atoms with Gasteiger partial charge in [-0.25, -0.2) is 4.98 Å². The van der Waals surface area contributed by atoms with Gasteiger partial charge in [0, 0.05) is 31.1 Å². The van der Waals surface area contributed by atoms with Gasteiger partial charge in [0.05, 0.1) is 0 Å². The van der Waals surface area contributed by atoms with Crippen molar-refractivity contribution in [2.75, 3.05) is 24.6 Å². The van der Waals surface area contributed by atoms with Gasteiger partial charge < -0.3 is 15.3 Å². The van der Waals surface area contributed by atoms with Crippen molar-refractivity contribution in [1.82, 2.24) is 10.3 Å². The Morgan fingerprint density at radius 3 is 2.68 bits per heavy atom. The quantitative estimate of drug-likeness (QED) is 0.893. The second-order valence-electron chi connectivity index (χ2n) is 6.44. The molecule has 2 heterocycles. The third kappa shape index (κ3) is 3.79. The van der Waals surface area contributed by atoms with E-state index in [1.807, 2.05) is 5.38 Å². The minimum atomic E-state index is -0.0491. The van der Waals surface area contributed by atoms with Crippen LogP contribution in [0.4, 0.5) is 5.13 Å². The summed E-state index contributed by atoms with van der Waals surface area (Å²) in [4.78, 5) is 19.1. The summed E-state index contributed by atoms with van der Waals surface area (Å²) in [5.74, 6) is 0.366. The molecular formula is C16H25N3O2S. The van der Waals surface area contributed by atoms with Crippen molar-refractivity contribution in [2.45, 2.75) is 51.0 Å². The van der Waals surface area contributed by atoms with Gasteiger partial charge in [-0.05, 0) is 50.9 Å². The lowest BCUT2D eigenvalue weighted by atomic mass is 9.86. The molecule has 3 rings (SSSR count). The molecule has 0 atom stereocenters. The summed E-state index contributed by atoms with van der Waals surface area (Å²) < 4.78 is 0. The van der Waals surface area contributed by atoms with E-state index >= 15 is 0 Å². The summed E-state index contributed by atoms with van der Waals surface area (Å²) in [5, 5.41) is 15.1. The summed E-state index contributed by atoms with van der Waals surface area (Å²) >= 11 is 1.57. The Kier molecular flexibility index (Phi) is 5.31. The lowest BCUT2D eigenvalue weighted by Gasteiger charge is -2.27. The molecule has 1 aliphatic heterocycles. The highest BCUT2D eigenvalue weighted by molar-refractivity contribution is 7.13. The van der Waals surface area contributed by atoms with Gasteiger partial charge in [0.25, 0.3) is 5.91 Å². The van der Waals surface area contributed by atoms with E-state index < -0.39 is 0 Å². The molecule has 0 aromatic carbocycles. The highest BCUT2D eigenvalue weighted by Crippen LogP contribution is 2.26. The Morgan fingerprint density at radius 1 is 1.27 bits per heavy atom. The Hall–Kier alpha value is -1.14. The molecule has 5 nitrogen and oxygen atoms in total. The number of carbonyl (C=O) groups is 1. The van der Waals surface area contributed by atoms with Crippen LogP contribution in [0.15, 0.2) is 5.38 Å². The molecule has 0 bridgehead atoms. The Balaban J connectivity index is 1.53. The van der Waals surface area contributed by atoms with Crippen LogP contribution >= 0.6 is 11.3 Å². The fourth-order valence-electron chi connectivity index (χ4n) is 3.35. The molecule has 1 aromatic rings. The molecule has 1 amide bonds. The zero-order valence-electron chi connectivity index (χ0n) is 13.0. The number of aromatic nitrogens is 1. The van der Waals surface area contributed by atoms with E-state index in [0.717, 1.165) is 43.9 Å². The Bertz CT molecular complexity index is 491. The summed E-state index contributed by atoms with van der Waals surface area (Å²) in [6.45, 7) is 2.38. The van der Waals surface area contributed by atoms with Crippen LogP contribution in [0.5, 0.6) is 0 Å². The molecule has 0 unspecified atom stereocenters. The lowest BCUT2D eigenvalue weighted by Crippen LogP contribution is -2.38. The van der Waals surface area contributed by atoms with Gasteiger partial charge in [0.1, 0.15) is 5.69 Å². The first kappa shape index (κ1) is 15.7. The molecule has 1 aliphatic carbocycles. The maximum Gasteiger partial charge on any atom is 0.271 e. The summed E-state index contributed by atoms with van der Waals surface area (Å²) in [5.41, 5.74) is 0.551. The van der Waals surface area contributed by atoms with Crippen molar-refractivity contribution >= 4 is 22.4 Å². The number of piperidine rings is 1. The van der Waals surface area contributed by atoms with Crippen LogP contribution < -0.4 is 10.2 Å². The van der Waals surface area contributed by atoms with E-state index in [1.54, 1.807) is 11.3 Å². The average Bonchev–Trinajstić information content (AvgIpc) is 3.06. The van der Waals surface area contributed by atoms with Crippen LogP contribution in [0.1, 0.15) is 55.4 Å². The molecule has 0 spiro atoms. The van der Waals surface area contributed by atoms with Crippen LogP contribution in [0, 0.1) is 5.92 Å². The van der Waals surface area contributed by atoms with E-state index in [9.17, 15) is 4.79 Å². The van der Waals surface area contributed by atoms with Gasteiger partial charge >= 0.3 is 0 Å². The minimum Gasteiger partial charge on any atom is -0.396 e. The van der Waals surface area contributed by atoms with Gasteiger partial charge in [-0.3, -0.25) is 4.79 Å². The molecule has 1 saturated carbocycles. The van der Waals surface area contributed by atoms with Crippen molar-refractivity contribution in [3.63, 3.8) is 0 Å². The van der Waals surface area contributed by atoms with Crippen molar-refractivity contribution in [2.24, 2.45) is 5.92 Å². The van der Waals surface area contributed by atoms with Gasteiger partial charge in [-0.1, -0.05) is 0 Å². The predicted molar refractivity (Wildman–Crippen MR) is 88.5 cm³/mol. The molecule has 6 heteroatoms. The van der Waals surface area contributed by atoms with Crippen molar-refractivity contribution < 1.29 is 9.90 Å². The van der Waals surface area contributed by atoms with Crippen LogP contribution in [-0.2, 0) is 0 Å². The summed E-state index contributed by atoms with van der Waals surface area (Å²) in [6.07, 6.45) is 7.64. The second kappa shape index (κ2) is 7.42. The highest BCUT2D eigenvalue weighted by Gasteiger charge is 2.23. The minimum absolute atomic E-state index is 0.0491. The van der Waals surface area contributed by atoms with Gasteiger partial charge in [0.2, 0.25) is 0 Å². The van der Waals surface area contributed by atoms with E-state index in [0.29, 0.717) is 11.6 Å². The second-order valence-corrected chi connectivity index (χ2v) is 7.27. The first-order valence-corrected chi connectivity index (χ1v) is 9.26. The average molecular weight is 323 g/mol. The van der Waals surface area contributed by atoms with E-state index in [4.69, 9.17) is 5.11 Å². The normalized spacial score (nSPS) is 26.0. The number of amides is 1. The predicted octanol–water partition coefficient (Wildman–Crippen LogP) is 2.41. The van der Waals surface area contributed by atoms with E-state index in [-0.39, 0.29) is 18.6 Å². The number of nitrogens with zero attached hydrogens (tertiary/aromatic N) is 2. The van der Waals surface area contributed by atoms with Crippen LogP contribution in [0.3, 0.4) is 0 Å². The zero-order chi connectivity index (χ0) is 15.4. The summed E-state index contributed by atoms with van der Waals surface area (Å²) in [7, 11) is 0. The number of hydrogen-bond donors (Lipinski definition) is 2. The molecule has 1 aromatic heterocycles. The van der Waals surface area contributed by atoms with Crippen LogP contribution in [-0.4, -0.2) is 41.7 Å². The van der Waals surface area contributed by atoms with Crippen molar-refractivity contribution in [3.8, 4) is 0 Å². The molecule has 0 radical (unpaired) electrons. The SMILES string of the molecule is O=C(NC1CCC(CO)CC1)c1csc(N2CCCCC2)n1. The number of thiazole rings is 1. The third-order valence-corrected chi connectivity index (χ3v) is 5.69. The van der Waals surface area contributed by atoms with Gasteiger partial charge in [0.15, 0.2) is 5.13 Å². The largest absolute Gasteiger partial charge is 0.396 e. The number of hydrogen-bond acceptors (Lipinski definition) is 5. The molecule has 2 fully saturated rings. The number of anilines is 1. The highest BCUT2D eigenvalue weighted by atomic mass is 32.1.